The lowest BCUT2D eigenvalue weighted by atomic mass is 10.1. The SMILES string of the molecule is N#CCn1cc(-c2ccccc2N)cn1. The standard InChI is InChI=1S/C11H10N4/c12-5-6-15-8-9(7-14-15)10-3-1-2-4-11(10)13/h1-4,7-8H,6,13H2. The van der Waals surface area contributed by atoms with Crippen LogP contribution in [0, 0.1) is 11.3 Å². The van der Waals surface area contributed by atoms with Crippen molar-refractivity contribution in [3.63, 3.8) is 0 Å². The lowest BCUT2D eigenvalue weighted by Gasteiger charge is -2.00. The van der Waals surface area contributed by atoms with Gasteiger partial charge in [0, 0.05) is 23.0 Å². The molecule has 0 atom stereocenters. The van der Waals surface area contributed by atoms with Crippen molar-refractivity contribution in [1.29, 1.82) is 5.26 Å². The second-order valence-electron chi connectivity index (χ2n) is 3.17. The molecule has 0 radical (unpaired) electrons. The molecule has 74 valence electrons. The second-order valence-corrected chi connectivity index (χ2v) is 3.17. The zero-order chi connectivity index (χ0) is 10.7. The van der Waals surface area contributed by atoms with Crippen molar-refractivity contribution in [2.45, 2.75) is 6.54 Å². The molecule has 2 N–H and O–H groups in total. The largest absolute Gasteiger partial charge is 0.398 e. The predicted molar refractivity (Wildman–Crippen MR) is 57.7 cm³/mol. The Morgan fingerprint density at radius 3 is 2.93 bits per heavy atom. The van der Waals surface area contributed by atoms with E-state index < -0.39 is 0 Å². The number of nitrogens with zero attached hydrogens (tertiary/aromatic N) is 3. The molecule has 2 aromatic rings. The van der Waals surface area contributed by atoms with Gasteiger partial charge in [-0.25, -0.2) is 0 Å². The van der Waals surface area contributed by atoms with E-state index in [0.29, 0.717) is 5.69 Å². The van der Waals surface area contributed by atoms with Crippen LogP contribution in [-0.2, 0) is 6.54 Å². The highest BCUT2D eigenvalue weighted by atomic mass is 15.3. The molecule has 0 bridgehead atoms. The van der Waals surface area contributed by atoms with Gasteiger partial charge in [0.25, 0.3) is 0 Å². The molecule has 1 aromatic heterocycles. The molecule has 0 aliphatic carbocycles. The topological polar surface area (TPSA) is 67.6 Å². The average molecular weight is 198 g/mol. The summed E-state index contributed by atoms with van der Waals surface area (Å²) in [7, 11) is 0. The van der Waals surface area contributed by atoms with Gasteiger partial charge in [0.2, 0.25) is 0 Å². The van der Waals surface area contributed by atoms with Gasteiger partial charge in [0.05, 0.1) is 12.3 Å². The number of nitrogen functional groups attached to an aromatic ring is 1. The number of aromatic nitrogens is 2. The molecular weight excluding hydrogens is 188 g/mol. The lowest BCUT2D eigenvalue weighted by Crippen LogP contribution is -1.94. The Hall–Kier alpha value is -2.28. The van der Waals surface area contributed by atoms with E-state index in [1.54, 1.807) is 10.9 Å². The van der Waals surface area contributed by atoms with Gasteiger partial charge >= 0.3 is 0 Å². The van der Waals surface area contributed by atoms with Crippen LogP contribution in [-0.4, -0.2) is 9.78 Å². The first-order chi connectivity index (χ1) is 7.31. The number of nitriles is 1. The van der Waals surface area contributed by atoms with Crippen LogP contribution >= 0.6 is 0 Å². The normalized spacial score (nSPS) is 9.80. The molecule has 0 saturated heterocycles. The van der Waals surface area contributed by atoms with E-state index in [1.807, 2.05) is 36.5 Å². The van der Waals surface area contributed by atoms with Crippen LogP contribution in [0.15, 0.2) is 36.7 Å². The molecule has 0 aliphatic heterocycles. The van der Waals surface area contributed by atoms with Gasteiger partial charge in [0.1, 0.15) is 6.54 Å². The maximum atomic E-state index is 8.52. The van der Waals surface area contributed by atoms with Crippen LogP contribution < -0.4 is 5.73 Å². The Morgan fingerprint density at radius 1 is 1.40 bits per heavy atom. The molecule has 2 rings (SSSR count). The van der Waals surface area contributed by atoms with Crippen LogP contribution in [0.2, 0.25) is 0 Å². The fourth-order valence-corrected chi connectivity index (χ4v) is 1.42. The molecule has 4 heteroatoms. The van der Waals surface area contributed by atoms with Crippen molar-refractivity contribution < 1.29 is 0 Å². The van der Waals surface area contributed by atoms with E-state index in [-0.39, 0.29) is 6.54 Å². The molecular formula is C11H10N4. The maximum absolute atomic E-state index is 8.52. The number of hydrogen-bond donors (Lipinski definition) is 1. The third-order valence-corrected chi connectivity index (χ3v) is 2.14. The van der Waals surface area contributed by atoms with Gasteiger partial charge in [-0.3, -0.25) is 4.68 Å². The summed E-state index contributed by atoms with van der Waals surface area (Å²) < 4.78 is 1.59. The Balaban J connectivity index is 2.38. The van der Waals surface area contributed by atoms with Crippen molar-refractivity contribution in [3.05, 3.63) is 36.7 Å². The van der Waals surface area contributed by atoms with Gasteiger partial charge < -0.3 is 5.73 Å². The highest BCUT2D eigenvalue weighted by Gasteiger charge is 2.03. The van der Waals surface area contributed by atoms with Crippen molar-refractivity contribution >= 4 is 5.69 Å². The summed E-state index contributed by atoms with van der Waals surface area (Å²) in [6.45, 7) is 0.257. The molecule has 4 nitrogen and oxygen atoms in total. The molecule has 15 heavy (non-hydrogen) atoms. The number of rotatable bonds is 2. The highest BCUT2D eigenvalue weighted by Crippen LogP contribution is 2.24. The summed E-state index contributed by atoms with van der Waals surface area (Å²) >= 11 is 0. The zero-order valence-corrected chi connectivity index (χ0v) is 8.09. The summed E-state index contributed by atoms with van der Waals surface area (Å²) in [4.78, 5) is 0. The van der Waals surface area contributed by atoms with E-state index >= 15 is 0 Å². The number of nitrogens with two attached hydrogens (primary N) is 1. The Bertz CT molecular complexity index is 507. The third kappa shape index (κ3) is 1.81. The number of hydrogen-bond acceptors (Lipinski definition) is 3. The molecule has 0 spiro atoms. The lowest BCUT2D eigenvalue weighted by molar-refractivity contribution is 0.710. The van der Waals surface area contributed by atoms with Gasteiger partial charge in [-0.15, -0.1) is 0 Å². The van der Waals surface area contributed by atoms with E-state index in [9.17, 15) is 0 Å². The first-order valence-electron chi connectivity index (χ1n) is 4.55. The number of anilines is 1. The minimum Gasteiger partial charge on any atom is -0.398 e. The summed E-state index contributed by atoms with van der Waals surface area (Å²) in [6.07, 6.45) is 3.53. The smallest absolute Gasteiger partial charge is 0.128 e. The van der Waals surface area contributed by atoms with Crippen LogP contribution in [0.1, 0.15) is 0 Å². The first-order valence-corrected chi connectivity index (χ1v) is 4.55. The van der Waals surface area contributed by atoms with E-state index in [1.165, 1.54) is 0 Å². The first kappa shape index (κ1) is 9.28. The fourth-order valence-electron chi connectivity index (χ4n) is 1.42. The van der Waals surface area contributed by atoms with Crippen molar-refractivity contribution in [2.24, 2.45) is 0 Å². The van der Waals surface area contributed by atoms with E-state index in [0.717, 1.165) is 11.1 Å². The summed E-state index contributed by atoms with van der Waals surface area (Å²) in [6, 6.07) is 9.62. The second kappa shape index (κ2) is 3.84. The van der Waals surface area contributed by atoms with E-state index in [2.05, 4.69) is 5.10 Å². The number of benzene rings is 1. The molecule has 0 amide bonds. The van der Waals surface area contributed by atoms with Gasteiger partial charge in [-0.1, -0.05) is 18.2 Å². The predicted octanol–water partition coefficient (Wildman–Crippen LogP) is 1.66. The highest BCUT2D eigenvalue weighted by molar-refractivity contribution is 5.75. The Kier molecular flexibility index (Phi) is 2.38. The fraction of sp³-hybridized carbons (Fsp3) is 0.0909. The summed E-state index contributed by atoms with van der Waals surface area (Å²) in [5.41, 5.74) is 8.43. The Labute approximate surface area is 87.6 Å². The molecule has 0 saturated carbocycles. The van der Waals surface area contributed by atoms with Crippen molar-refractivity contribution in [3.8, 4) is 17.2 Å². The van der Waals surface area contributed by atoms with Gasteiger partial charge in [0.15, 0.2) is 0 Å². The van der Waals surface area contributed by atoms with Crippen molar-refractivity contribution in [1.82, 2.24) is 9.78 Å². The van der Waals surface area contributed by atoms with Crippen molar-refractivity contribution in [2.75, 3.05) is 5.73 Å². The minimum atomic E-state index is 0.257. The monoisotopic (exact) mass is 198 g/mol. The Morgan fingerprint density at radius 2 is 2.20 bits per heavy atom. The van der Waals surface area contributed by atoms with Crippen LogP contribution in [0.25, 0.3) is 11.1 Å². The maximum Gasteiger partial charge on any atom is 0.128 e. The summed E-state index contributed by atoms with van der Waals surface area (Å²) in [5.74, 6) is 0. The number of para-hydroxylation sites is 1. The molecule has 1 aromatic carbocycles. The minimum absolute atomic E-state index is 0.257. The molecule has 0 aliphatic rings. The van der Waals surface area contributed by atoms with Crippen LogP contribution in [0.3, 0.4) is 0 Å². The summed E-state index contributed by atoms with van der Waals surface area (Å²) in [5, 5.41) is 12.6. The average Bonchev–Trinajstić information content (AvgIpc) is 2.68. The van der Waals surface area contributed by atoms with E-state index in [4.69, 9.17) is 11.0 Å². The zero-order valence-electron chi connectivity index (χ0n) is 8.09. The van der Waals surface area contributed by atoms with Gasteiger partial charge in [-0.2, -0.15) is 10.4 Å². The van der Waals surface area contributed by atoms with Crippen LogP contribution in [0.4, 0.5) is 5.69 Å². The molecule has 0 unspecified atom stereocenters. The molecule has 0 fully saturated rings. The molecule has 1 heterocycles. The third-order valence-electron chi connectivity index (χ3n) is 2.14. The van der Waals surface area contributed by atoms with Gasteiger partial charge in [-0.05, 0) is 6.07 Å². The van der Waals surface area contributed by atoms with Crippen LogP contribution in [0.5, 0.6) is 0 Å². The quantitative estimate of drug-likeness (QED) is 0.746.